The molecule has 0 atom stereocenters. The molecule has 4 heteroatoms. The van der Waals surface area contributed by atoms with Gasteiger partial charge in [-0.25, -0.2) is 0 Å². The third kappa shape index (κ3) is 1.78. The lowest BCUT2D eigenvalue weighted by Gasteiger charge is -2.32. The molecule has 2 aliphatic heterocycles. The van der Waals surface area contributed by atoms with E-state index in [1.54, 1.807) is 4.90 Å². The molecule has 2 heterocycles. The second kappa shape index (κ2) is 4.46. The Balaban J connectivity index is 2.11. The number of ketones is 1. The molecule has 1 fully saturated rings. The molecule has 0 spiro atoms. The monoisotopic (exact) mass is 258 g/mol. The van der Waals surface area contributed by atoms with Crippen molar-refractivity contribution >= 4 is 17.4 Å². The number of piperidine rings is 1. The average Bonchev–Trinajstić information content (AvgIpc) is 2.69. The number of carbonyl (C=O) groups excluding carboxylic acids is 2. The van der Waals surface area contributed by atoms with Gasteiger partial charge in [-0.2, -0.15) is 0 Å². The predicted molar refractivity (Wildman–Crippen MR) is 73.6 cm³/mol. The summed E-state index contributed by atoms with van der Waals surface area (Å²) in [5, 5.41) is 3.29. The Labute approximate surface area is 112 Å². The number of Topliss-reactive ketones (excluding diaryl/α,β-unsaturated/α-hetero) is 1. The molecule has 1 N–H and O–H groups in total. The summed E-state index contributed by atoms with van der Waals surface area (Å²) in [6.45, 7) is 5.68. The minimum absolute atomic E-state index is 0.152. The van der Waals surface area contributed by atoms with Crippen LogP contribution in [0.15, 0.2) is 12.1 Å². The summed E-state index contributed by atoms with van der Waals surface area (Å²) in [7, 11) is 0. The van der Waals surface area contributed by atoms with Crippen LogP contribution in [0.5, 0.6) is 0 Å². The number of nitrogens with zero attached hydrogens (tertiary/aromatic N) is 1. The smallest absolute Gasteiger partial charge is 0.299 e. The highest BCUT2D eigenvalue weighted by atomic mass is 16.2. The Morgan fingerprint density at radius 3 is 2.42 bits per heavy atom. The number of aryl methyl sites for hydroxylation is 2. The third-order valence-electron chi connectivity index (χ3n) is 4.14. The quantitative estimate of drug-likeness (QED) is 0.778. The van der Waals surface area contributed by atoms with Gasteiger partial charge in [0, 0.05) is 6.04 Å². The first-order chi connectivity index (χ1) is 9.11. The summed E-state index contributed by atoms with van der Waals surface area (Å²) < 4.78 is 0. The van der Waals surface area contributed by atoms with Gasteiger partial charge in [-0.05, 0) is 50.9 Å². The zero-order valence-corrected chi connectivity index (χ0v) is 11.3. The lowest BCUT2D eigenvalue weighted by molar-refractivity contribution is -0.114. The van der Waals surface area contributed by atoms with Crippen molar-refractivity contribution in [3.05, 3.63) is 28.8 Å². The van der Waals surface area contributed by atoms with E-state index in [0.29, 0.717) is 5.56 Å². The molecule has 19 heavy (non-hydrogen) atoms. The zero-order valence-electron chi connectivity index (χ0n) is 11.3. The Kier molecular flexibility index (Phi) is 2.90. The van der Waals surface area contributed by atoms with Crippen molar-refractivity contribution < 1.29 is 9.59 Å². The standard InChI is InChI=1S/C15H18N2O2/c1-9-3-4-10(2)13-12(9)14(18)15(19)17(13)11-5-7-16-8-6-11/h3-4,11,16H,5-8H2,1-2H3. The van der Waals surface area contributed by atoms with Crippen LogP contribution in [0.3, 0.4) is 0 Å². The number of benzene rings is 1. The minimum Gasteiger partial charge on any atom is -0.317 e. The van der Waals surface area contributed by atoms with Gasteiger partial charge in [0.25, 0.3) is 11.7 Å². The number of rotatable bonds is 1. The van der Waals surface area contributed by atoms with E-state index < -0.39 is 0 Å². The van der Waals surface area contributed by atoms with Crippen LogP contribution in [0.4, 0.5) is 5.69 Å². The first-order valence-corrected chi connectivity index (χ1v) is 6.80. The number of fused-ring (bicyclic) bond motifs is 1. The first kappa shape index (κ1) is 12.4. The summed E-state index contributed by atoms with van der Waals surface area (Å²) in [5.74, 6) is -0.686. The van der Waals surface area contributed by atoms with Crippen molar-refractivity contribution in [2.45, 2.75) is 32.7 Å². The van der Waals surface area contributed by atoms with Crippen LogP contribution in [-0.4, -0.2) is 30.8 Å². The fraction of sp³-hybridized carbons (Fsp3) is 0.467. The Bertz CT molecular complexity index is 560. The Hall–Kier alpha value is -1.68. The molecule has 1 amide bonds. The summed E-state index contributed by atoms with van der Waals surface area (Å²) in [4.78, 5) is 26.3. The second-order valence-electron chi connectivity index (χ2n) is 5.41. The number of amides is 1. The molecule has 1 aromatic rings. The Morgan fingerprint density at radius 1 is 1.11 bits per heavy atom. The summed E-state index contributed by atoms with van der Waals surface area (Å²) in [6.07, 6.45) is 1.82. The summed E-state index contributed by atoms with van der Waals surface area (Å²) in [6, 6.07) is 4.07. The number of nitrogens with one attached hydrogen (secondary N) is 1. The van der Waals surface area contributed by atoms with Gasteiger partial charge < -0.3 is 10.2 Å². The molecule has 1 aromatic carbocycles. The van der Waals surface area contributed by atoms with E-state index in [1.807, 2.05) is 26.0 Å². The van der Waals surface area contributed by atoms with Gasteiger partial charge in [0.05, 0.1) is 11.3 Å². The zero-order chi connectivity index (χ0) is 13.6. The van der Waals surface area contributed by atoms with Crippen LogP contribution >= 0.6 is 0 Å². The molecule has 0 saturated carbocycles. The highest BCUT2D eigenvalue weighted by Gasteiger charge is 2.41. The van der Waals surface area contributed by atoms with E-state index in [1.165, 1.54) is 0 Å². The molecule has 0 bridgehead atoms. The Morgan fingerprint density at radius 2 is 1.74 bits per heavy atom. The molecule has 4 nitrogen and oxygen atoms in total. The summed E-state index contributed by atoms with van der Waals surface area (Å²) in [5.41, 5.74) is 3.37. The fourth-order valence-corrected chi connectivity index (χ4v) is 3.12. The van der Waals surface area contributed by atoms with Crippen molar-refractivity contribution in [2.24, 2.45) is 0 Å². The van der Waals surface area contributed by atoms with Crippen LogP contribution < -0.4 is 10.2 Å². The van der Waals surface area contributed by atoms with Gasteiger partial charge in [0.1, 0.15) is 0 Å². The van der Waals surface area contributed by atoms with Crippen molar-refractivity contribution in [3.63, 3.8) is 0 Å². The predicted octanol–water partition coefficient (Wildman–Crippen LogP) is 1.58. The topological polar surface area (TPSA) is 49.4 Å². The minimum atomic E-state index is -0.348. The van der Waals surface area contributed by atoms with Crippen LogP contribution in [0.25, 0.3) is 0 Å². The highest BCUT2D eigenvalue weighted by Crippen LogP contribution is 2.37. The maximum Gasteiger partial charge on any atom is 0.299 e. The van der Waals surface area contributed by atoms with E-state index in [4.69, 9.17) is 0 Å². The molecular weight excluding hydrogens is 240 g/mol. The summed E-state index contributed by atoms with van der Waals surface area (Å²) >= 11 is 0. The van der Waals surface area contributed by atoms with Crippen molar-refractivity contribution in [2.75, 3.05) is 18.0 Å². The largest absolute Gasteiger partial charge is 0.317 e. The van der Waals surface area contributed by atoms with Crippen LogP contribution in [0, 0.1) is 13.8 Å². The number of hydrogen-bond donors (Lipinski definition) is 1. The number of anilines is 1. The molecule has 0 unspecified atom stereocenters. The van der Waals surface area contributed by atoms with Gasteiger partial charge in [-0.3, -0.25) is 9.59 Å². The lowest BCUT2D eigenvalue weighted by atomic mass is 10.0. The van der Waals surface area contributed by atoms with Crippen molar-refractivity contribution in [1.29, 1.82) is 0 Å². The normalized spacial score (nSPS) is 20.0. The van der Waals surface area contributed by atoms with E-state index in [2.05, 4.69) is 5.32 Å². The van der Waals surface area contributed by atoms with Gasteiger partial charge in [-0.15, -0.1) is 0 Å². The maximum atomic E-state index is 12.3. The van der Waals surface area contributed by atoms with E-state index in [9.17, 15) is 9.59 Å². The molecule has 0 aliphatic carbocycles. The molecular formula is C15H18N2O2. The van der Waals surface area contributed by atoms with Crippen LogP contribution in [0.2, 0.25) is 0 Å². The van der Waals surface area contributed by atoms with Crippen LogP contribution in [0.1, 0.15) is 34.3 Å². The van der Waals surface area contributed by atoms with Crippen LogP contribution in [-0.2, 0) is 4.79 Å². The molecule has 0 aromatic heterocycles. The van der Waals surface area contributed by atoms with Crippen molar-refractivity contribution in [3.8, 4) is 0 Å². The second-order valence-corrected chi connectivity index (χ2v) is 5.41. The van der Waals surface area contributed by atoms with Gasteiger partial charge >= 0.3 is 0 Å². The van der Waals surface area contributed by atoms with Gasteiger partial charge in [0.2, 0.25) is 0 Å². The maximum absolute atomic E-state index is 12.3. The van der Waals surface area contributed by atoms with E-state index in [-0.39, 0.29) is 17.7 Å². The third-order valence-corrected chi connectivity index (χ3v) is 4.14. The number of carbonyl (C=O) groups is 2. The molecule has 1 saturated heterocycles. The highest BCUT2D eigenvalue weighted by molar-refractivity contribution is 6.52. The lowest BCUT2D eigenvalue weighted by Crippen LogP contribution is -2.45. The SMILES string of the molecule is Cc1ccc(C)c2c1C(=O)C(=O)N2C1CCNCC1. The van der Waals surface area contributed by atoms with Gasteiger partial charge in [0.15, 0.2) is 0 Å². The molecule has 100 valence electrons. The van der Waals surface area contributed by atoms with E-state index in [0.717, 1.165) is 42.7 Å². The molecule has 2 aliphatic rings. The van der Waals surface area contributed by atoms with Crippen molar-refractivity contribution in [1.82, 2.24) is 5.32 Å². The molecule has 0 radical (unpaired) electrons. The van der Waals surface area contributed by atoms with E-state index >= 15 is 0 Å². The number of hydrogen-bond acceptors (Lipinski definition) is 3. The molecule has 3 rings (SSSR count). The first-order valence-electron chi connectivity index (χ1n) is 6.80. The fourth-order valence-electron chi connectivity index (χ4n) is 3.12. The van der Waals surface area contributed by atoms with Gasteiger partial charge in [-0.1, -0.05) is 12.1 Å². The average molecular weight is 258 g/mol.